The van der Waals surface area contributed by atoms with E-state index < -0.39 is 15.6 Å². The van der Waals surface area contributed by atoms with Crippen LogP contribution in [0.2, 0.25) is 0 Å². The zero-order valence-electron chi connectivity index (χ0n) is 11.7. The van der Waals surface area contributed by atoms with E-state index in [4.69, 9.17) is 5.73 Å². The molecule has 0 aliphatic heterocycles. The van der Waals surface area contributed by atoms with E-state index in [1.807, 2.05) is 0 Å². The summed E-state index contributed by atoms with van der Waals surface area (Å²) < 4.78 is 27.4. The first kappa shape index (κ1) is 17.4. The quantitative estimate of drug-likeness (QED) is 0.642. The lowest BCUT2D eigenvalue weighted by Gasteiger charge is -2.27. The lowest BCUT2D eigenvalue weighted by atomic mass is 10.1. The Morgan fingerprint density at radius 3 is 2.55 bits per heavy atom. The number of nitrogens with zero attached hydrogens (tertiary/aromatic N) is 1. The predicted octanol–water partition coefficient (Wildman–Crippen LogP) is 0.622. The summed E-state index contributed by atoms with van der Waals surface area (Å²) in [4.78, 5) is 1.78. The summed E-state index contributed by atoms with van der Waals surface area (Å²) in [5.74, 6) is 0. The van der Waals surface area contributed by atoms with Crippen molar-refractivity contribution in [2.45, 2.75) is 17.4 Å². The molecule has 1 aromatic carbocycles. The van der Waals surface area contributed by atoms with Gasteiger partial charge in [0.15, 0.2) is 0 Å². The highest BCUT2D eigenvalue weighted by atomic mass is 79.9. The second kappa shape index (κ2) is 6.40. The Labute approximate surface area is 128 Å². The second-order valence-corrected chi connectivity index (χ2v) is 7.89. The van der Waals surface area contributed by atoms with Crippen LogP contribution in [0, 0.1) is 0 Å². The number of likely N-dealkylation sites (N-methyl/N-ethyl adjacent to an activating group) is 1. The zero-order chi connectivity index (χ0) is 15.6. The van der Waals surface area contributed by atoms with Gasteiger partial charge in [0.25, 0.3) is 0 Å². The van der Waals surface area contributed by atoms with Crippen LogP contribution < -0.4 is 10.5 Å². The van der Waals surface area contributed by atoms with Crippen LogP contribution in [0.5, 0.6) is 0 Å². The highest BCUT2D eigenvalue weighted by Crippen LogP contribution is 2.22. The molecule has 1 rings (SSSR count). The lowest BCUT2D eigenvalue weighted by molar-refractivity contribution is 0.0386. The van der Waals surface area contributed by atoms with Crippen LogP contribution in [-0.2, 0) is 10.0 Å². The Balaban J connectivity index is 2.85. The highest BCUT2D eigenvalue weighted by molar-refractivity contribution is 9.10. The number of rotatable bonds is 6. The van der Waals surface area contributed by atoms with Crippen LogP contribution in [-0.4, -0.2) is 51.2 Å². The van der Waals surface area contributed by atoms with Crippen molar-refractivity contribution in [3.63, 3.8) is 0 Å². The third kappa shape index (κ3) is 5.02. The van der Waals surface area contributed by atoms with Crippen molar-refractivity contribution in [3.8, 4) is 0 Å². The average Bonchev–Trinajstić information content (AvgIpc) is 2.24. The maximum absolute atomic E-state index is 12.2. The summed E-state index contributed by atoms with van der Waals surface area (Å²) in [6, 6.07) is 4.54. The number of sulfonamides is 1. The second-order valence-electron chi connectivity index (χ2n) is 5.24. The number of nitrogens with one attached hydrogen (secondary N) is 1. The summed E-state index contributed by atoms with van der Waals surface area (Å²) in [5, 5.41) is 10.1. The van der Waals surface area contributed by atoms with Gasteiger partial charge in [-0.1, -0.05) is 15.9 Å². The Bertz CT molecular complexity index is 573. The van der Waals surface area contributed by atoms with Crippen LogP contribution >= 0.6 is 15.9 Å². The van der Waals surface area contributed by atoms with Crippen molar-refractivity contribution in [1.82, 2.24) is 9.62 Å². The molecule has 4 N–H and O–H groups in total. The predicted molar refractivity (Wildman–Crippen MR) is 82.9 cm³/mol. The fourth-order valence-corrected chi connectivity index (χ4v) is 3.48. The van der Waals surface area contributed by atoms with E-state index in [0.717, 1.165) is 0 Å². The molecule has 1 aromatic rings. The van der Waals surface area contributed by atoms with E-state index in [9.17, 15) is 13.5 Å². The topological polar surface area (TPSA) is 95.7 Å². The fraction of sp³-hybridized carbons (Fsp3) is 0.500. The Morgan fingerprint density at radius 2 is 2.05 bits per heavy atom. The van der Waals surface area contributed by atoms with E-state index in [-0.39, 0.29) is 17.1 Å². The van der Waals surface area contributed by atoms with Crippen molar-refractivity contribution in [2.75, 3.05) is 32.9 Å². The van der Waals surface area contributed by atoms with E-state index in [1.54, 1.807) is 32.0 Å². The van der Waals surface area contributed by atoms with Crippen molar-refractivity contribution < 1.29 is 13.5 Å². The van der Waals surface area contributed by atoms with E-state index >= 15 is 0 Å². The van der Waals surface area contributed by atoms with Gasteiger partial charge in [-0.25, -0.2) is 13.1 Å². The van der Waals surface area contributed by atoms with Crippen LogP contribution in [0.3, 0.4) is 0 Å². The Hall–Kier alpha value is -0.670. The molecule has 0 saturated carbocycles. The molecule has 0 radical (unpaired) electrons. The smallest absolute Gasteiger partial charge is 0.242 e. The van der Waals surface area contributed by atoms with E-state index in [1.165, 1.54) is 12.1 Å². The SMILES string of the molecule is CN(C)CC(C)(O)CNS(=O)(=O)c1ccc(Br)cc1N. The maximum atomic E-state index is 12.2. The minimum absolute atomic E-state index is 0.00125. The van der Waals surface area contributed by atoms with E-state index in [2.05, 4.69) is 20.7 Å². The standard InChI is InChI=1S/C12H20BrN3O3S/c1-12(17,8-16(2)3)7-15-20(18,19)11-5-4-9(13)6-10(11)14/h4-6,15,17H,7-8,14H2,1-3H3. The molecule has 0 bridgehead atoms. The van der Waals surface area contributed by atoms with Gasteiger partial charge in [0.1, 0.15) is 4.90 Å². The van der Waals surface area contributed by atoms with Gasteiger partial charge in [-0.05, 0) is 39.2 Å². The van der Waals surface area contributed by atoms with Crippen LogP contribution in [0.15, 0.2) is 27.6 Å². The summed E-state index contributed by atoms with van der Waals surface area (Å²) >= 11 is 3.22. The number of nitrogen functional groups attached to an aromatic ring is 1. The van der Waals surface area contributed by atoms with Crippen molar-refractivity contribution in [3.05, 3.63) is 22.7 Å². The first-order valence-corrected chi connectivity index (χ1v) is 8.23. The van der Waals surface area contributed by atoms with Crippen LogP contribution in [0.25, 0.3) is 0 Å². The molecule has 0 aromatic heterocycles. The molecule has 114 valence electrons. The van der Waals surface area contributed by atoms with Crippen molar-refractivity contribution in [1.29, 1.82) is 0 Å². The van der Waals surface area contributed by atoms with Gasteiger partial charge >= 0.3 is 0 Å². The van der Waals surface area contributed by atoms with Gasteiger partial charge < -0.3 is 15.7 Å². The summed E-state index contributed by atoms with van der Waals surface area (Å²) in [6.07, 6.45) is 0. The molecule has 0 saturated heterocycles. The third-order valence-electron chi connectivity index (χ3n) is 2.56. The number of benzene rings is 1. The molecule has 20 heavy (non-hydrogen) atoms. The molecule has 0 heterocycles. The number of nitrogens with two attached hydrogens (primary N) is 1. The molecule has 0 fully saturated rings. The molecular formula is C12H20BrN3O3S. The normalized spacial score (nSPS) is 15.3. The average molecular weight is 366 g/mol. The van der Waals surface area contributed by atoms with Gasteiger partial charge in [-0.2, -0.15) is 0 Å². The maximum Gasteiger partial charge on any atom is 0.242 e. The van der Waals surface area contributed by atoms with Crippen LogP contribution in [0.4, 0.5) is 5.69 Å². The fourth-order valence-electron chi connectivity index (χ4n) is 1.83. The van der Waals surface area contributed by atoms with Gasteiger partial charge in [-0.15, -0.1) is 0 Å². The van der Waals surface area contributed by atoms with E-state index in [0.29, 0.717) is 11.0 Å². The van der Waals surface area contributed by atoms with Gasteiger partial charge in [-0.3, -0.25) is 0 Å². The number of hydrogen-bond donors (Lipinski definition) is 3. The lowest BCUT2D eigenvalue weighted by Crippen LogP contribution is -2.47. The molecule has 6 nitrogen and oxygen atoms in total. The first-order valence-electron chi connectivity index (χ1n) is 5.95. The number of anilines is 1. The summed E-state index contributed by atoms with van der Waals surface area (Å²) in [6.45, 7) is 1.81. The first-order chi connectivity index (χ1) is 9.03. The molecule has 1 atom stereocenters. The summed E-state index contributed by atoms with van der Waals surface area (Å²) in [5.41, 5.74) is 4.69. The number of aliphatic hydroxyl groups is 1. The molecule has 8 heteroatoms. The van der Waals surface area contributed by atoms with Gasteiger partial charge in [0, 0.05) is 17.6 Å². The minimum Gasteiger partial charge on any atom is -0.398 e. The van der Waals surface area contributed by atoms with Crippen molar-refractivity contribution >= 4 is 31.6 Å². The molecule has 0 aliphatic carbocycles. The Morgan fingerprint density at radius 1 is 1.45 bits per heavy atom. The van der Waals surface area contributed by atoms with Gasteiger partial charge in [0.2, 0.25) is 10.0 Å². The third-order valence-corrected chi connectivity index (χ3v) is 4.53. The molecular weight excluding hydrogens is 346 g/mol. The number of hydrogen-bond acceptors (Lipinski definition) is 5. The zero-order valence-corrected chi connectivity index (χ0v) is 14.1. The van der Waals surface area contributed by atoms with Gasteiger partial charge in [0.05, 0.1) is 11.3 Å². The van der Waals surface area contributed by atoms with Crippen molar-refractivity contribution in [2.24, 2.45) is 0 Å². The Kier molecular flexibility index (Phi) is 5.56. The minimum atomic E-state index is -3.75. The summed E-state index contributed by atoms with van der Waals surface area (Å²) in [7, 11) is -0.149. The number of halogens is 1. The largest absolute Gasteiger partial charge is 0.398 e. The molecule has 0 amide bonds. The highest BCUT2D eigenvalue weighted by Gasteiger charge is 2.25. The van der Waals surface area contributed by atoms with Crippen LogP contribution in [0.1, 0.15) is 6.92 Å². The molecule has 0 spiro atoms. The molecule has 1 unspecified atom stereocenters. The molecule has 0 aliphatic rings. The monoisotopic (exact) mass is 365 g/mol.